The first-order valence-corrected chi connectivity index (χ1v) is 8.53. The number of hydrogen-bond donors (Lipinski definition) is 2. The number of ether oxygens (including phenoxy) is 1. The summed E-state index contributed by atoms with van der Waals surface area (Å²) >= 11 is 0. The summed E-state index contributed by atoms with van der Waals surface area (Å²) in [5.41, 5.74) is 0. The molecule has 2 aliphatic rings. The molecule has 2 atom stereocenters. The van der Waals surface area contributed by atoms with Crippen molar-refractivity contribution < 1.29 is 13.2 Å². The molecule has 2 unspecified atom stereocenters. The molecule has 0 bridgehead atoms. The molecule has 2 N–H and O–H groups in total. The molecular weight excluding hydrogens is 252 g/mol. The maximum absolute atomic E-state index is 11.9. The van der Waals surface area contributed by atoms with Gasteiger partial charge in [0.15, 0.2) is 0 Å². The fraction of sp³-hybridized carbons (Fsp3) is 1.00. The minimum atomic E-state index is -3.14. The molecule has 1 saturated heterocycles. The van der Waals surface area contributed by atoms with Crippen LogP contribution in [0.3, 0.4) is 0 Å². The molecule has 0 amide bonds. The van der Waals surface area contributed by atoms with Crippen LogP contribution in [0.1, 0.15) is 32.6 Å². The Morgan fingerprint density at radius 2 is 2.11 bits per heavy atom. The van der Waals surface area contributed by atoms with E-state index in [4.69, 9.17) is 4.74 Å². The van der Waals surface area contributed by atoms with E-state index in [0.717, 1.165) is 19.6 Å². The van der Waals surface area contributed by atoms with Crippen LogP contribution in [0.4, 0.5) is 0 Å². The monoisotopic (exact) mass is 276 g/mol. The van der Waals surface area contributed by atoms with E-state index in [0.29, 0.717) is 25.0 Å². The first kappa shape index (κ1) is 14.2. The van der Waals surface area contributed by atoms with Crippen LogP contribution >= 0.6 is 0 Å². The molecule has 0 aromatic rings. The van der Waals surface area contributed by atoms with Crippen LogP contribution in [0.15, 0.2) is 0 Å². The summed E-state index contributed by atoms with van der Waals surface area (Å²) in [7, 11) is -3.14. The van der Waals surface area contributed by atoms with E-state index in [1.165, 1.54) is 12.8 Å². The highest BCUT2D eigenvalue weighted by atomic mass is 32.2. The van der Waals surface area contributed by atoms with Crippen molar-refractivity contribution in [1.29, 1.82) is 0 Å². The van der Waals surface area contributed by atoms with Crippen molar-refractivity contribution in [3.8, 4) is 0 Å². The maximum atomic E-state index is 11.9. The Bertz CT molecular complexity index is 348. The van der Waals surface area contributed by atoms with Crippen LogP contribution in [0.5, 0.6) is 0 Å². The lowest BCUT2D eigenvalue weighted by Gasteiger charge is -2.19. The van der Waals surface area contributed by atoms with Crippen LogP contribution in [0.25, 0.3) is 0 Å². The predicted molar refractivity (Wildman–Crippen MR) is 71.0 cm³/mol. The highest BCUT2D eigenvalue weighted by Crippen LogP contribution is 2.18. The molecule has 5 nitrogen and oxygen atoms in total. The maximum Gasteiger partial charge on any atom is 0.211 e. The molecule has 1 aliphatic carbocycles. The van der Waals surface area contributed by atoms with Gasteiger partial charge in [-0.2, -0.15) is 0 Å². The third kappa shape index (κ3) is 4.84. The van der Waals surface area contributed by atoms with Gasteiger partial charge < -0.3 is 10.1 Å². The smallest absolute Gasteiger partial charge is 0.211 e. The Balaban J connectivity index is 1.64. The van der Waals surface area contributed by atoms with Crippen molar-refractivity contribution in [2.75, 3.05) is 25.5 Å². The SMILES string of the molecule is CC(NS(=O)(=O)CCCNC1CC1)C1CCOC1. The Morgan fingerprint density at radius 1 is 1.33 bits per heavy atom. The zero-order valence-electron chi connectivity index (χ0n) is 11.0. The van der Waals surface area contributed by atoms with Crippen molar-refractivity contribution >= 4 is 10.0 Å². The lowest BCUT2D eigenvalue weighted by Crippen LogP contribution is -2.40. The van der Waals surface area contributed by atoms with Gasteiger partial charge in [0.1, 0.15) is 0 Å². The minimum absolute atomic E-state index is 0.0195. The molecule has 0 aromatic carbocycles. The zero-order valence-corrected chi connectivity index (χ0v) is 11.8. The van der Waals surface area contributed by atoms with Crippen LogP contribution in [0.2, 0.25) is 0 Å². The second kappa shape index (κ2) is 6.32. The lowest BCUT2D eigenvalue weighted by atomic mass is 10.0. The Hall–Kier alpha value is -0.170. The van der Waals surface area contributed by atoms with Gasteiger partial charge in [-0.25, -0.2) is 13.1 Å². The van der Waals surface area contributed by atoms with E-state index in [9.17, 15) is 8.42 Å². The van der Waals surface area contributed by atoms with Crippen LogP contribution in [0, 0.1) is 5.92 Å². The second-order valence-electron chi connectivity index (χ2n) is 5.43. The third-order valence-electron chi connectivity index (χ3n) is 3.64. The highest BCUT2D eigenvalue weighted by Gasteiger charge is 2.26. The summed E-state index contributed by atoms with van der Waals surface area (Å²) in [6, 6.07) is 0.629. The van der Waals surface area contributed by atoms with Gasteiger partial charge in [-0.3, -0.25) is 0 Å². The molecule has 2 rings (SSSR count). The standard InChI is InChI=1S/C12H24N2O3S/c1-10(11-5-7-17-9-11)14-18(15,16)8-2-6-13-12-3-4-12/h10-14H,2-9H2,1H3. The highest BCUT2D eigenvalue weighted by molar-refractivity contribution is 7.89. The molecule has 6 heteroatoms. The van der Waals surface area contributed by atoms with Crippen molar-refractivity contribution in [2.24, 2.45) is 5.92 Å². The lowest BCUT2D eigenvalue weighted by molar-refractivity contribution is 0.180. The van der Waals surface area contributed by atoms with Gasteiger partial charge in [0, 0.05) is 24.6 Å². The van der Waals surface area contributed by atoms with E-state index in [1.807, 2.05) is 6.92 Å². The van der Waals surface area contributed by atoms with Crippen molar-refractivity contribution in [3.63, 3.8) is 0 Å². The second-order valence-corrected chi connectivity index (χ2v) is 7.30. The Labute approximate surface area is 110 Å². The summed E-state index contributed by atoms with van der Waals surface area (Å²) in [4.78, 5) is 0. The molecule has 1 heterocycles. The quantitative estimate of drug-likeness (QED) is 0.633. The largest absolute Gasteiger partial charge is 0.381 e. The van der Waals surface area contributed by atoms with E-state index in [2.05, 4.69) is 10.0 Å². The molecule has 1 aliphatic heterocycles. The van der Waals surface area contributed by atoms with Gasteiger partial charge >= 0.3 is 0 Å². The van der Waals surface area contributed by atoms with Gasteiger partial charge in [0.2, 0.25) is 10.0 Å². The topological polar surface area (TPSA) is 67.4 Å². The van der Waals surface area contributed by atoms with E-state index < -0.39 is 10.0 Å². The van der Waals surface area contributed by atoms with E-state index in [-0.39, 0.29) is 11.8 Å². The van der Waals surface area contributed by atoms with Crippen molar-refractivity contribution in [3.05, 3.63) is 0 Å². The van der Waals surface area contributed by atoms with Crippen LogP contribution in [-0.2, 0) is 14.8 Å². The molecule has 0 aromatic heterocycles. The Morgan fingerprint density at radius 3 is 2.72 bits per heavy atom. The molecule has 0 spiro atoms. The van der Waals surface area contributed by atoms with E-state index in [1.54, 1.807) is 0 Å². The zero-order chi connectivity index (χ0) is 13.0. The molecular formula is C12H24N2O3S. The van der Waals surface area contributed by atoms with Crippen molar-refractivity contribution in [1.82, 2.24) is 10.0 Å². The van der Waals surface area contributed by atoms with Crippen LogP contribution < -0.4 is 10.0 Å². The molecule has 2 fully saturated rings. The summed E-state index contributed by atoms with van der Waals surface area (Å²) in [5, 5.41) is 3.33. The van der Waals surface area contributed by atoms with Gasteiger partial charge in [-0.15, -0.1) is 0 Å². The van der Waals surface area contributed by atoms with Gasteiger partial charge in [-0.1, -0.05) is 0 Å². The molecule has 1 saturated carbocycles. The van der Waals surface area contributed by atoms with E-state index >= 15 is 0 Å². The summed E-state index contributed by atoms with van der Waals surface area (Å²) < 4.78 is 31.8. The molecule has 106 valence electrons. The number of sulfonamides is 1. The summed E-state index contributed by atoms with van der Waals surface area (Å²) in [6.45, 7) is 4.15. The predicted octanol–water partition coefficient (Wildman–Crippen LogP) is 0.473. The first-order valence-electron chi connectivity index (χ1n) is 6.88. The van der Waals surface area contributed by atoms with Gasteiger partial charge in [0.25, 0.3) is 0 Å². The summed E-state index contributed by atoms with van der Waals surface area (Å²) in [6.07, 6.45) is 4.11. The number of rotatable bonds is 8. The Kier molecular flexibility index (Phi) is 5.00. The van der Waals surface area contributed by atoms with Gasteiger partial charge in [0.05, 0.1) is 12.4 Å². The first-order chi connectivity index (χ1) is 8.57. The van der Waals surface area contributed by atoms with Gasteiger partial charge in [-0.05, 0) is 39.2 Å². The fourth-order valence-corrected chi connectivity index (χ4v) is 3.64. The van der Waals surface area contributed by atoms with Crippen molar-refractivity contribution in [2.45, 2.75) is 44.7 Å². The molecule has 0 radical (unpaired) electrons. The number of hydrogen-bond acceptors (Lipinski definition) is 4. The third-order valence-corrected chi connectivity index (χ3v) is 5.19. The fourth-order valence-electron chi connectivity index (χ4n) is 2.24. The average Bonchev–Trinajstić information content (AvgIpc) is 2.95. The summed E-state index contributed by atoms with van der Waals surface area (Å²) in [5.74, 6) is 0.536. The molecule has 18 heavy (non-hydrogen) atoms. The normalized spacial score (nSPS) is 26.4. The minimum Gasteiger partial charge on any atom is -0.381 e. The van der Waals surface area contributed by atoms with Crippen LogP contribution in [-0.4, -0.2) is 46.0 Å². The number of nitrogens with one attached hydrogen (secondary N) is 2. The average molecular weight is 276 g/mol.